The molecule has 7 heteroatoms. The van der Waals surface area contributed by atoms with E-state index in [1.807, 2.05) is 0 Å². The van der Waals surface area contributed by atoms with Crippen molar-refractivity contribution in [2.75, 3.05) is 24.3 Å². The highest BCUT2D eigenvalue weighted by Gasteiger charge is 2.13. The molecular formula is C14H16FIN4O. The van der Waals surface area contributed by atoms with Crippen molar-refractivity contribution in [1.82, 2.24) is 9.97 Å². The third-order valence-electron chi connectivity index (χ3n) is 2.73. The van der Waals surface area contributed by atoms with Gasteiger partial charge >= 0.3 is 0 Å². The summed E-state index contributed by atoms with van der Waals surface area (Å²) in [5.41, 5.74) is 0.760. The summed E-state index contributed by atoms with van der Waals surface area (Å²) < 4.78 is 19.3. The van der Waals surface area contributed by atoms with Gasteiger partial charge in [-0.15, -0.1) is 0 Å². The maximum Gasteiger partial charge on any atom is 0.204 e. The number of nitrogens with one attached hydrogen (secondary N) is 2. The van der Waals surface area contributed by atoms with E-state index in [2.05, 4.69) is 50.1 Å². The number of methoxy groups -OCH3 is 1. The lowest BCUT2D eigenvalue weighted by molar-refractivity contribution is 0.415. The minimum atomic E-state index is -0.273. The predicted octanol–water partition coefficient (Wildman–Crippen LogP) is 3.79. The highest BCUT2D eigenvalue weighted by Crippen LogP contribution is 2.32. The van der Waals surface area contributed by atoms with Gasteiger partial charge in [-0.2, -0.15) is 0 Å². The van der Waals surface area contributed by atoms with E-state index in [0.717, 1.165) is 22.2 Å². The molecule has 0 saturated carbocycles. The summed E-state index contributed by atoms with van der Waals surface area (Å²) in [5.74, 6) is 1.43. The minimum absolute atomic E-state index is 0.273. The highest BCUT2D eigenvalue weighted by molar-refractivity contribution is 14.1. The fraction of sp³-hybridized carbons (Fsp3) is 0.286. The normalized spacial score (nSPS) is 10.3. The summed E-state index contributed by atoms with van der Waals surface area (Å²) in [6.07, 6.45) is 2.44. The number of rotatable bonds is 6. The van der Waals surface area contributed by atoms with E-state index in [1.165, 1.54) is 18.5 Å². The lowest BCUT2D eigenvalue weighted by atomic mass is 10.3. The van der Waals surface area contributed by atoms with E-state index in [4.69, 9.17) is 4.74 Å². The van der Waals surface area contributed by atoms with Crippen molar-refractivity contribution in [1.29, 1.82) is 0 Å². The van der Waals surface area contributed by atoms with Crippen molar-refractivity contribution >= 4 is 39.9 Å². The number of ether oxygens (including phenoxy) is 1. The van der Waals surface area contributed by atoms with Crippen molar-refractivity contribution in [3.8, 4) is 5.75 Å². The van der Waals surface area contributed by atoms with E-state index in [9.17, 15) is 4.39 Å². The molecular weight excluding hydrogens is 386 g/mol. The standard InChI is InChI=1S/C14H16FIN4O/c1-3-6-17-13-12(21-2)14(19-8-18-13)20-11-5-4-9(15)7-10(11)16/h4-5,7-8H,3,6H2,1-2H3,(H2,17,18,19,20). The molecule has 112 valence electrons. The quantitative estimate of drug-likeness (QED) is 0.721. The number of hydrogen-bond acceptors (Lipinski definition) is 5. The van der Waals surface area contributed by atoms with Crippen molar-refractivity contribution < 1.29 is 9.13 Å². The lowest BCUT2D eigenvalue weighted by Crippen LogP contribution is -2.07. The SMILES string of the molecule is CCCNc1ncnc(Nc2ccc(F)cc2I)c1OC. The molecule has 21 heavy (non-hydrogen) atoms. The molecule has 0 unspecified atom stereocenters. The Hall–Kier alpha value is -1.64. The van der Waals surface area contributed by atoms with E-state index in [0.29, 0.717) is 17.4 Å². The molecule has 1 aromatic heterocycles. The molecule has 0 saturated heterocycles. The Labute approximate surface area is 136 Å². The van der Waals surface area contributed by atoms with Crippen LogP contribution in [0.25, 0.3) is 0 Å². The van der Waals surface area contributed by atoms with Crippen LogP contribution in [0, 0.1) is 9.39 Å². The molecule has 0 aliphatic carbocycles. The zero-order valence-electron chi connectivity index (χ0n) is 11.8. The van der Waals surface area contributed by atoms with E-state index in [-0.39, 0.29) is 5.82 Å². The average molecular weight is 402 g/mol. The molecule has 0 fully saturated rings. The van der Waals surface area contributed by atoms with Crippen molar-refractivity contribution in [2.24, 2.45) is 0 Å². The van der Waals surface area contributed by atoms with Gasteiger partial charge in [-0.1, -0.05) is 6.92 Å². The highest BCUT2D eigenvalue weighted by atomic mass is 127. The smallest absolute Gasteiger partial charge is 0.204 e. The molecule has 0 aliphatic heterocycles. The van der Waals surface area contributed by atoms with Crippen molar-refractivity contribution in [3.63, 3.8) is 0 Å². The summed E-state index contributed by atoms with van der Waals surface area (Å²) in [4.78, 5) is 8.37. The van der Waals surface area contributed by atoms with Crippen LogP contribution in [0.1, 0.15) is 13.3 Å². The Balaban J connectivity index is 2.30. The molecule has 1 aromatic carbocycles. The van der Waals surface area contributed by atoms with E-state index < -0.39 is 0 Å². The second kappa shape index (κ2) is 7.39. The molecule has 0 bridgehead atoms. The number of hydrogen-bond donors (Lipinski definition) is 2. The van der Waals surface area contributed by atoms with Gasteiger partial charge in [-0.3, -0.25) is 0 Å². The van der Waals surface area contributed by atoms with Gasteiger partial charge in [0.05, 0.1) is 12.8 Å². The van der Waals surface area contributed by atoms with E-state index in [1.54, 1.807) is 13.2 Å². The van der Waals surface area contributed by atoms with Gasteiger partial charge in [-0.05, 0) is 47.2 Å². The molecule has 0 spiro atoms. The first-order valence-corrected chi connectivity index (χ1v) is 7.58. The molecule has 0 radical (unpaired) electrons. The predicted molar refractivity (Wildman–Crippen MR) is 89.8 cm³/mol. The molecule has 0 aliphatic rings. The summed E-state index contributed by atoms with van der Waals surface area (Å²) in [7, 11) is 1.57. The Morgan fingerprint density at radius 3 is 2.71 bits per heavy atom. The van der Waals surface area contributed by atoms with Gasteiger partial charge in [0.25, 0.3) is 0 Å². The van der Waals surface area contributed by atoms with Gasteiger partial charge in [0.15, 0.2) is 11.6 Å². The largest absolute Gasteiger partial charge is 0.490 e. The van der Waals surface area contributed by atoms with Gasteiger partial charge in [0.2, 0.25) is 5.75 Å². The third-order valence-corrected chi connectivity index (χ3v) is 3.63. The lowest BCUT2D eigenvalue weighted by Gasteiger charge is -2.14. The Kier molecular flexibility index (Phi) is 5.54. The fourth-order valence-electron chi connectivity index (χ4n) is 1.74. The molecule has 0 atom stereocenters. The van der Waals surface area contributed by atoms with Crippen LogP contribution in [0.3, 0.4) is 0 Å². The second-order valence-electron chi connectivity index (χ2n) is 4.28. The first-order valence-electron chi connectivity index (χ1n) is 6.50. The Bertz CT molecular complexity index is 624. The van der Waals surface area contributed by atoms with Crippen LogP contribution in [0.15, 0.2) is 24.5 Å². The average Bonchev–Trinajstić information content (AvgIpc) is 2.48. The third kappa shape index (κ3) is 3.93. The van der Waals surface area contributed by atoms with Crippen molar-refractivity contribution in [3.05, 3.63) is 33.9 Å². The van der Waals surface area contributed by atoms with Crippen LogP contribution in [0.4, 0.5) is 21.7 Å². The second-order valence-corrected chi connectivity index (χ2v) is 5.44. The first kappa shape index (κ1) is 15.7. The van der Waals surface area contributed by atoms with Crippen LogP contribution in [0.2, 0.25) is 0 Å². The minimum Gasteiger partial charge on any atom is -0.490 e. The van der Waals surface area contributed by atoms with Crippen LogP contribution >= 0.6 is 22.6 Å². The summed E-state index contributed by atoms with van der Waals surface area (Å²) >= 11 is 2.07. The molecule has 0 amide bonds. The van der Waals surface area contributed by atoms with Crippen LogP contribution < -0.4 is 15.4 Å². The molecule has 2 rings (SSSR count). The number of anilines is 3. The van der Waals surface area contributed by atoms with Gasteiger partial charge in [0.1, 0.15) is 12.1 Å². The summed E-state index contributed by atoms with van der Waals surface area (Å²) in [6.45, 7) is 2.86. The van der Waals surface area contributed by atoms with Crippen LogP contribution in [-0.2, 0) is 0 Å². The Morgan fingerprint density at radius 2 is 2.05 bits per heavy atom. The number of halogens is 2. The van der Waals surface area contributed by atoms with Crippen LogP contribution in [0.5, 0.6) is 5.75 Å². The molecule has 1 heterocycles. The van der Waals surface area contributed by atoms with Crippen LogP contribution in [-0.4, -0.2) is 23.6 Å². The zero-order valence-corrected chi connectivity index (χ0v) is 13.9. The molecule has 5 nitrogen and oxygen atoms in total. The molecule has 2 aromatic rings. The number of benzene rings is 1. The first-order chi connectivity index (χ1) is 10.2. The van der Waals surface area contributed by atoms with E-state index >= 15 is 0 Å². The Morgan fingerprint density at radius 1 is 1.29 bits per heavy atom. The van der Waals surface area contributed by atoms with Gasteiger partial charge < -0.3 is 15.4 Å². The molecule has 2 N–H and O–H groups in total. The van der Waals surface area contributed by atoms with Gasteiger partial charge in [-0.25, -0.2) is 14.4 Å². The zero-order chi connectivity index (χ0) is 15.2. The fourth-order valence-corrected chi connectivity index (χ4v) is 2.36. The summed E-state index contributed by atoms with van der Waals surface area (Å²) in [5, 5.41) is 6.33. The summed E-state index contributed by atoms with van der Waals surface area (Å²) in [6, 6.07) is 4.51. The maximum atomic E-state index is 13.1. The number of nitrogens with zero attached hydrogens (tertiary/aromatic N) is 2. The van der Waals surface area contributed by atoms with Gasteiger partial charge in [0, 0.05) is 10.1 Å². The number of aromatic nitrogens is 2. The topological polar surface area (TPSA) is 59.1 Å². The van der Waals surface area contributed by atoms with Crippen molar-refractivity contribution in [2.45, 2.75) is 13.3 Å². The maximum absolute atomic E-state index is 13.1. The monoisotopic (exact) mass is 402 g/mol.